The molecule has 1 N–H and O–H groups in total. The van der Waals surface area contributed by atoms with Gasteiger partial charge in [0.25, 0.3) is 0 Å². The predicted molar refractivity (Wildman–Crippen MR) is 107 cm³/mol. The van der Waals surface area contributed by atoms with Crippen molar-refractivity contribution in [3.05, 3.63) is 66.0 Å². The Balaban J connectivity index is 1.90. The number of nitrogens with zero attached hydrogens (tertiary/aromatic N) is 3. The number of aromatic nitrogens is 2. The number of aryl methyl sites for hydroxylation is 2. The number of rotatable bonds is 6. The Hall–Kier alpha value is -3.08. The second-order valence-corrected chi connectivity index (χ2v) is 6.10. The van der Waals surface area contributed by atoms with Gasteiger partial charge in [0, 0.05) is 24.0 Å². The zero-order chi connectivity index (χ0) is 18.5. The SMILES string of the molecule is CCN(c1cccc(C)c1)c1cc(Nc2ccc(OC)cc2)nc(C)n1. The van der Waals surface area contributed by atoms with E-state index in [9.17, 15) is 0 Å². The molecule has 0 spiro atoms. The standard InChI is InChI=1S/C21H24N4O/c1-5-25(18-8-6-7-15(2)13-18)21-14-20(22-16(3)23-21)24-17-9-11-19(26-4)12-10-17/h6-14H,5H2,1-4H3,(H,22,23,24). The molecule has 0 unspecified atom stereocenters. The Kier molecular flexibility index (Phi) is 5.37. The number of nitrogens with one attached hydrogen (secondary N) is 1. The normalized spacial score (nSPS) is 10.5. The van der Waals surface area contributed by atoms with Gasteiger partial charge in [0.15, 0.2) is 0 Å². The van der Waals surface area contributed by atoms with Crippen LogP contribution in [0.5, 0.6) is 5.75 Å². The van der Waals surface area contributed by atoms with E-state index in [1.54, 1.807) is 7.11 Å². The molecule has 134 valence electrons. The smallest absolute Gasteiger partial charge is 0.138 e. The van der Waals surface area contributed by atoms with Gasteiger partial charge in [-0.1, -0.05) is 12.1 Å². The maximum Gasteiger partial charge on any atom is 0.138 e. The minimum absolute atomic E-state index is 0.726. The van der Waals surface area contributed by atoms with Crippen LogP contribution in [0.15, 0.2) is 54.6 Å². The molecule has 1 aromatic heterocycles. The molecule has 0 aliphatic carbocycles. The third kappa shape index (κ3) is 4.11. The number of anilines is 4. The highest BCUT2D eigenvalue weighted by atomic mass is 16.5. The van der Waals surface area contributed by atoms with Crippen molar-refractivity contribution in [1.82, 2.24) is 9.97 Å². The molecule has 0 bridgehead atoms. The van der Waals surface area contributed by atoms with Crippen LogP contribution < -0.4 is 15.0 Å². The Morgan fingerprint density at radius 1 is 1.00 bits per heavy atom. The summed E-state index contributed by atoms with van der Waals surface area (Å²) in [5, 5.41) is 3.34. The average Bonchev–Trinajstić information content (AvgIpc) is 2.63. The summed E-state index contributed by atoms with van der Waals surface area (Å²) >= 11 is 0. The van der Waals surface area contributed by atoms with E-state index < -0.39 is 0 Å². The summed E-state index contributed by atoms with van der Waals surface area (Å²) in [4.78, 5) is 11.3. The van der Waals surface area contributed by atoms with Crippen molar-refractivity contribution in [2.45, 2.75) is 20.8 Å². The van der Waals surface area contributed by atoms with Crippen LogP contribution in [0.3, 0.4) is 0 Å². The van der Waals surface area contributed by atoms with Crippen molar-refractivity contribution in [3.8, 4) is 5.75 Å². The number of ether oxygens (including phenoxy) is 1. The largest absolute Gasteiger partial charge is 0.497 e. The van der Waals surface area contributed by atoms with Gasteiger partial charge in [-0.3, -0.25) is 0 Å². The Labute approximate surface area is 154 Å². The maximum atomic E-state index is 5.20. The van der Waals surface area contributed by atoms with E-state index in [-0.39, 0.29) is 0 Å². The highest BCUT2D eigenvalue weighted by Crippen LogP contribution is 2.27. The molecule has 0 amide bonds. The molecule has 2 aromatic carbocycles. The number of hydrogen-bond acceptors (Lipinski definition) is 5. The van der Waals surface area contributed by atoms with Crippen molar-refractivity contribution in [2.24, 2.45) is 0 Å². The minimum Gasteiger partial charge on any atom is -0.497 e. The highest BCUT2D eigenvalue weighted by Gasteiger charge is 2.12. The van der Waals surface area contributed by atoms with E-state index >= 15 is 0 Å². The van der Waals surface area contributed by atoms with Crippen molar-refractivity contribution >= 4 is 23.0 Å². The average molecular weight is 348 g/mol. The second kappa shape index (κ2) is 7.87. The number of methoxy groups -OCH3 is 1. The van der Waals surface area contributed by atoms with Crippen LogP contribution >= 0.6 is 0 Å². The van der Waals surface area contributed by atoms with E-state index in [1.165, 1.54) is 5.56 Å². The summed E-state index contributed by atoms with van der Waals surface area (Å²) in [5.41, 5.74) is 3.30. The van der Waals surface area contributed by atoms with E-state index in [1.807, 2.05) is 37.3 Å². The molecule has 0 aliphatic heterocycles. The maximum absolute atomic E-state index is 5.20. The van der Waals surface area contributed by atoms with Crippen LogP contribution in [-0.4, -0.2) is 23.6 Å². The lowest BCUT2D eigenvalue weighted by molar-refractivity contribution is 0.415. The van der Waals surface area contributed by atoms with E-state index in [0.717, 1.165) is 41.1 Å². The van der Waals surface area contributed by atoms with Crippen LogP contribution in [0.1, 0.15) is 18.3 Å². The van der Waals surface area contributed by atoms with Gasteiger partial charge >= 0.3 is 0 Å². The second-order valence-electron chi connectivity index (χ2n) is 6.10. The summed E-state index contributed by atoms with van der Waals surface area (Å²) in [6, 6.07) is 18.2. The lowest BCUT2D eigenvalue weighted by Gasteiger charge is -2.23. The van der Waals surface area contributed by atoms with E-state index in [0.29, 0.717) is 0 Å². The molecule has 0 aliphatic rings. The molecule has 0 fully saturated rings. The molecule has 26 heavy (non-hydrogen) atoms. The zero-order valence-electron chi connectivity index (χ0n) is 15.7. The minimum atomic E-state index is 0.726. The molecule has 0 radical (unpaired) electrons. The van der Waals surface area contributed by atoms with Crippen LogP contribution in [-0.2, 0) is 0 Å². The Morgan fingerprint density at radius 3 is 2.42 bits per heavy atom. The molecule has 0 atom stereocenters. The summed E-state index contributed by atoms with van der Waals surface area (Å²) < 4.78 is 5.20. The van der Waals surface area contributed by atoms with Gasteiger partial charge in [0.2, 0.25) is 0 Å². The van der Waals surface area contributed by atoms with Gasteiger partial charge in [-0.05, 0) is 62.7 Å². The van der Waals surface area contributed by atoms with Gasteiger partial charge in [-0.15, -0.1) is 0 Å². The molecule has 0 saturated heterocycles. The molecule has 0 saturated carbocycles. The zero-order valence-corrected chi connectivity index (χ0v) is 15.7. The van der Waals surface area contributed by atoms with E-state index in [4.69, 9.17) is 4.74 Å². The molecular weight excluding hydrogens is 324 g/mol. The lowest BCUT2D eigenvalue weighted by Crippen LogP contribution is -2.18. The molecule has 3 rings (SSSR count). The fourth-order valence-corrected chi connectivity index (χ4v) is 2.85. The Bertz CT molecular complexity index is 877. The van der Waals surface area contributed by atoms with Crippen molar-refractivity contribution in [2.75, 3.05) is 23.9 Å². The van der Waals surface area contributed by atoms with Crippen LogP contribution in [0.2, 0.25) is 0 Å². The molecule has 5 heteroatoms. The van der Waals surface area contributed by atoms with Gasteiger partial charge in [-0.25, -0.2) is 9.97 Å². The van der Waals surface area contributed by atoms with Gasteiger partial charge in [-0.2, -0.15) is 0 Å². The predicted octanol–water partition coefficient (Wildman–Crippen LogP) is 5.00. The van der Waals surface area contributed by atoms with Crippen molar-refractivity contribution in [1.29, 1.82) is 0 Å². The summed E-state index contributed by atoms with van der Waals surface area (Å²) in [5.74, 6) is 3.20. The van der Waals surface area contributed by atoms with Gasteiger partial charge in [0.05, 0.1) is 7.11 Å². The molecule has 5 nitrogen and oxygen atoms in total. The lowest BCUT2D eigenvalue weighted by atomic mass is 10.2. The first-order chi connectivity index (χ1) is 12.6. The van der Waals surface area contributed by atoms with E-state index in [2.05, 4.69) is 58.3 Å². The fraction of sp³-hybridized carbons (Fsp3) is 0.238. The molecular formula is C21H24N4O. The van der Waals surface area contributed by atoms with Gasteiger partial charge < -0.3 is 15.0 Å². The quantitative estimate of drug-likeness (QED) is 0.679. The Morgan fingerprint density at radius 2 is 1.77 bits per heavy atom. The fourth-order valence-electron chi connectivity index (χ4n) is 2.85. The highest BCUT2D eigenvalue weighted by molar-refractivity contribution is 5.66. The number of hydrogen-bond donors (Lipinski definition) is 1. The van der Waals surface area contributed by atoms with Crippen LogP contribution in [0.25, 0.3) is 0 Å². The third-order valence-corrected chi connectivity index (χ3v) is 4.09. The topological polar surface area (TPSA) is 50.3 Å². The summed E-state index contributed by atoms with van der Waals surface area (Å²) in [6.07, 6.45) is 0. The third-order valence-electron chi connectivity index (χ3n) is 4.09. The first-order valence-corrected chi connectivity index (χ1v) is 8.70. The monoisotopic (exact) mass is 348 g/mol. The molecule has 1 heterocycles. The van der Waals surface area contributed by atoms with Crippen molar-refractivity contribution < 1.29 is 4.74 Å². The van der Waals surface area contributed by atoms with Crippen molar-refractivity contribution in [3.63, 3.8) is 0 Å². The first kappa shape index (κ1) is 17.7. The van der Waals surface area contributed by atoms with Crippen LogP contribution in [0, 0.1) is 13.8 Å². The van der Waals surface area contributed by atoms with Crippen LogP contribution in [0.4, 0.5) is 23.0 Å². The first-order valence-electron chi connectivity index (χ1n) is 8.70. The van der Waals surface area contributed by atoms with Gasteiger partial charge in [0.1, 0.15) is 23.2 Å². The summed E-state index contributed by atoms with van der Waals surface area (Å²) in [6.45, 7) is 6.95. The number of benzene rings is 2. The molecule has 3 aromatic rings. The summed E-state index contributed by atoms with van der Waals surface area (Å²) in [7, 11) is 1.66.